The molecule has 0 atom stereocenters. The molecule has 194 valence electrons. The van der Waals surface area contributed by atoms with Crippen LogP contribution in [0.5, 0.6) is 0 Å². The van der Waals surface area contributed by atoms with E-state index in [-0.39, 0.29) is 11.8 Å². The zero-order valence-electron chi connectivity index (χ0n) is 19.9. The molecule has 2 aliphatic rings. The summed E-state index contributed by atoms with van der Waals surface area (Å²) >= 11 is 2.84. The van der Waals surface area contributed by atoms with Crippen LogP contribution in [-0.2, 0) is 11.9 Å². The predicted molar refractivity (Wildman–Crippen MR) is 137 cm³/mol. The van der Waals surface area contributed by atoms with Crippen molar-refractivity contribution in [1.82, 2.24) is 19.7 Å². The number of rotatable bonds is 6. The number of carbonyl (C=O) groups is 2. The number of aromatic nitrogens is 1. The van der Waals surface area contributed by atoms with Gasteiger partial charge in [0.25, 0.3) is 11.8 Å². The summed E-state index contributed by atoms with van der Waals surface area (Å²) in [4.78, 5) is 36.3. The van der Waals surface area contributed by atoms with Crippen LogP contribution in [0.3, 0.4) is 0 Å². The van der Waals surface area contributed by atoms with Crippen molar-refractivity contribution in [3.8, 4) is 0 Å². The monoisotopic (exact) mass is 546 g/mol. The Morgan fingerprint density at radius 2 is 1.70 bits per heavy atom. The van der Waals surface area contributed by atoms with E-state index in [9.17, 15) is 22.8 Å². The number of halogens is 3. The zero-order chi connectivity index (χ0) is 26.0. The number of alkyl halides is 3. The van der Waals surface area contributed by atoms with Crippen LogP contribution in [0.2, 0.25) is 0 Å². The second-order valence-corrected chi connectivity index (χ2v) is 10.8. The van der Waals surface area contributed by atoms with E-state index >= 15 is 0 Å². The number of hydrogen-bond acceptors (Lipinski definition) is 6. The maximum Gasteiger partial charge on any atom is 0.416 e. The fraction of sp³-hybridized carbons (Fsp3) is 0.346. The first-order valence-electron chi connectivity index (χ1n) is 11.9. The molecule has 0 saturated carbocycles. The van der Waals surface area contributed by atoms with Crippen molar-refractivity contribution < 1.29 is 22.8 Å². The van der Waals surface area contributed by atoms with Gasteiger partial charge in [0, 0.05) is 66.9 Å². The molecule has 1 aromatic heterocycles. The van der Waals surface area contributed by atoms with Gasteiger partial charge >= 0.3 is 6.18 Å². The highest BCUT2D eigenvalue weighted by atomic mass is 32.2. The summed E-state index contributed by atoms with van der Waals surface area (Å²) in [5.41, 5.74) is 2.71. The molecule has 0 radical (unpaired) electrons. The molecular formula is C26H25F3N4O2S2. The number of benzene rings is 2. The van der Waals surface area contributed by atoms with Crippen LogP contribution in [0.25, 0.3) is 0 Å². The lowest BCUT2D eigenvalue weighted by Gasteiger charge is -2.48. The molecule has 0 unspecified atom stereocenters. The molecule has 37 heavy (non-hydrogen) atoms. The Labute approximate surface area is 221 Å². The molecule has 2 fully saturated rings. The average Bonchev–Trinajstić information content (AvgIpc) is 3.42. The predicted octanol–water partition coefficient (Wildman–Crippen LogP) is 4.74. The van der Waals surface area contributed by atoms with Gasteiger partial charge in [0.2, 0.25) is 0 Å². The van der Waals surface area contributed by atoms with E-state index in [0.717, 1.165) is 24.1 Å². The lowest BCUT2D eigenvalue weighted by Crippen LogP contribution is -2.64. The van der Waals surface area contributed by atoms with Crippen molar-refractivity contribution in [1.29, 1.82) is 0 Å². The molecule has 3 heterocycles. The summed E-state index contributed by atoms with van der Waals surface area (Å²) in [5, 5.41) is 1.77. The third-order valence-electron chi connectivity index (χ3n) is 6.68. The first kappa shape index (κ1) is 25.7. The molecule has 2 aliphatic heterocycles. The van der Waals surface area contributed by atoms with Crippen molar-refractivity contribution >= 4 is 34.9 Å². The van der Waals surface area contributed by atoms with Gasteiger partial charge in [0.1, 0.15) is 5.69 Å². The van der Waals surface area contributed by atoms with E-state index in [1.165, 1.54) is 35.2 Å². The van der Waals surface area contributed by atoms with Crippen molar-refractivity contribution in [3.05, 3.63) is 81.8 Å². The first-order valence-corrected chi connectivity index (χ1v) is 13.8. The Bertz CT molecular complexity index is 1240. The average molecular weight is 547 g/mol. The first-order chi connectivity index (χ1) is 17.8. The second-order valence-electron chi connectivity index (χ2n) is 9.08. The smallest absolute Gasteiger partial charge is 0.335 e. The van der Waals surface area contributed by atoms with Crippen molar-refractivity contribution in [2.45, 2.75) is 22.9 Å². The van der Waals surface area contributed by atoms with Crippen LogP contribution < -0.4 is 0 Å². The van der Waals surface area contributed by atoms with Crippen molar-refractivity contribution in [2.75, 3.05) is 39.3 Å². The maximum atomic E-state index is 12.9. The molecular weight excluding hydrogens is 521 g/mol. The van der Waals surface area contributed by atoms with Crippen LogP contribution in [-0.4, -0.2) is 76.8 Å². The number of piperazine rings is 1. The van der Waals surface area contributed by atoms with Gasteiger partial charge < -0.3 is 9.80 Å². The molecule has 5 rings (SSSR count). The molecule has 0 aliphatic carbocycles. The van der Waals surface area contributed by atoms with Crippen LogP contribution in [0, 0.1) is 0 Å². The second kappa shape index (κ2) is 10.8. The van der Waals surface area contributed by atoms with E-state index in [1.807, 2.05) is 21.9 Å². The van der Waals surface area contributed by atoms with Gasteiger partial charge in [0.15, 0.2) is 0 Å². The van der Waals surface area contributed by atoms with Gasteiger partial charge in [-0.1, -0.05) is 18.2 Å². The topological polar surface area (TPSA) is 56.8 Å². The van der Waals surface area contributed by atoms with Crippen LogP contribution >= 0.6 is 23.1 Å². The third-order valence-corrected chi connectivity index (χ3v) is 8.35. The van der Waals surface area contributed by atoms with E-state index in [2.05, 4.69) is 9.88 Å². The molecule has 2 aromatic carbocycles. The molecule has 6 nitrogen and oxygen atoms in total. The Morgan fingerprint density at radius 1 is 0.973 bits per heavy atom. The van der Waals surface area contributed by atoms with Gasteiger partial charge in [-0.15, -0.1) is 23.1 Å². The number of amides is 2. The summed E-state index contributed by atoms with van der Waals surface area (Å²) in [6.45, 7) is 4.18. The van der Waals surface area contributed by atoms with Crippen LogP contribution in [0.15, 0.2) is 64.3 Å². The molecule has 2 amide bonds. The van der Waals surface area contributed by atoms with Gasteiger partial charge in [0.05, 0.1) is 11.1 Å². The van der Waals surface area contributed by atoms with E-state index < -0.39 is 11.7 Å². The van der Waals surface area contributed by atoms with E-state index in [4.69, 9.17) is 0 Å². The van der Waals surface area contributed by atoms with E-state index in [0.29, 0.717) is 54.8 Å². The number of nitrogens with zero attached hydrogens (tertiary/aromatic N) is 4. The highest BCUT2D eigenvalue weighted by molar-refractivity contribution is 7.98. The highest BCUT2D eigenvalue weighted by Gasteiger charge is 2.37. The Balaban J connectivity index is 1.07. The molecule has 11 heteroatoms. The fourth-order valence-electron chi connectivity index (χ4n) is 4.50. The number of likely N-dealkylation sites (tertiary alicyclic amines) is 1. The van der Waals surface area contributed by atoms with Crippen molar-refractivity contribution in [3.63, 3.8) is 0 Å². The third kappa shape index (κ3) is 6.00. The fourth-order valence-corrected chi connectivity index (χ4v) is 5.87. The summed E-state index contributed by atoms with van der Waals surface area (Å²) in [6, 6.07) is 12.8. The number of thioether (sulfide) groups is 1. The molecule has 0 spiro atoms. The largest absolute Gasteiger partial charge is 0.416 e. The van der Waals surface area contributed by atoms with Crippen molar-refractivity contribution in [2.24, 2.45) is 0 Å². The van der Waals surface area contributed by atoms with Gasteiger partial charge in [-0.2, -0.15) is 13.2 Å². The Hall–Kier alpha value is -2.89. The van der Waals surface area contributed by atoms with Gasteiger partial charge in [-0.25, -0.2) is 4.98 Å². The van der Waals surface area contributed by atoms with Gasteiger partial charge in [-0.05, 0) is 35.9 Å². The summed E-state index contributed by atoms with van der Waals surface area (Å²) < 4.78 is 38.7. The summed E-state index contributed by atoms with van der Waals surface area (Å²) in [7, 11) is 0. The Morgan fingerprint density at radius 3 is 2.35 bits per heavy atom. The minimum Gasteiger partial charge on any atom is -0.335 e. The Kier molecular flexibility index (Phi) is 7.55. The molecule has 2 saturated heterocycles. The number of thiazole rings is 1. The lowest BCUT2D eigenvalue weighted by molar-refractivity contribution is -0.137. The van der Waals surface area contributed by atoms with Gasteiger partial charge in [-0.3, -0.25) is 14.5 Å². The highest BCUT2D eigenvalue weighted by Crippen LogP contribution is 2.31. The minimum absolute atomic E-state index is 0.0250. The van der Waals surface area contributed by atoms with E-state index in [1.54, 1.807) is 29.1 Å². The molecule has 3 aromatic rings. The number of carbonyl (C=O) groups excluding carboxylic acids is 2. The quantitative estimate of drug-likeness (QED) is 0.419. The van der Waals surface area contributed by atoms with Crippen LogP contribution in [0.1, 0.15) is 32.0 Å². The minimum atomic E-state index is -4.35. The SMILES string of the molecule is O=C(c1ccc(SCc2cccc(C(F)(F)F)c2)cc1)N1CC(N2CCN(C(=O)c3cscn3)CC2)C1. The van der Waals surface area contributed by atoms with Crippen LogP contribution in [0.4, 0.5) is 13.2 Å². The zero-order valence-corrected chi connectivity index (χ0v) is 21.5. The standard InChI is InChI=1S/C26H25F3N4O2S2/c27-26(28,29)20-3-1-2-18(12-20)15-37-22-6-4-19(5-7-22)24(34)33-13-21(14-33)31-8-10-32(11-9-31)25(35)23-16-36-17-30-23/h1-7,12,16-17,21H,8-11,13-15H2. The lowest BCUT2D eigenvalue weighted by atomic mass is 10.0. The summed E-state index contributed by atoms with van der Waals surface area (Å²) in [5.74, 6) is 0.360. The molecule has 0 N–H and O–H groups in total. The summed E-state index contributed by atoms with van der Waals surface area (Å²) in [6.07, 6.45) is -4.35. The number of hydrogen-bond donors (Lipinski definition) is 0. The molecule has 0 bridgehead atoms. The normalized spacial score (nSPS) is 17.1. The maximum absolute atomic E-state index is 12.9.